The van der Waals surface area contributed by atoms with Crippen molar-refractivity contribution in [1.29, 1.82) is 0 Å². The summed E-state index contributed by atoms with van der Waals surface area (Å²) in [5.74, 6) is 0.800. The van der Waals surface area contributed by atoms with E-state index < -0.39 is 0 Å². The predicted octanol–water partition coefficient (Wildman–Crippen LogP) is 2.91. The van der Waals surface area contributed by atoms with Crippen molar-refractivity contribution in [3.05, 3.63) is 35.4 Å². The molecule has 0 spiro atoms. The first kappa shape index (κ1) is 12.2. The number of rotatable bonds is 2. The highest BCUT2D eigenvalue weighted by Gasteiger charge is 2.34. The van der Waals surface area contributed by atoms with Crippen molar-refractivity contribution in [1.82, 2.24) is 4.90 Å². The van der Waals surface area contributed by atoms with Gasteiger partial charge in [0.15, 0.2) is 0 Å². The molecule has 2 nitrogen and oxygen atoms in total. The summed E-state index contributed by atoms with van der Waals surface area (Å²) >= 11 is 0. The third-order valence-corrected chi connectivity index (χ3v) is 4.57. The molecule has 1 heterocycles. The van der Waals surface area contributed by atoms with Gasteiger partial charge in [0.1, 0.15) is 0 Å². The second-order valence-electron chi connectivity index (χ2n) is 6.48. The highest BCUT2D eigenvalue weighted by molar-refractivity contribution is 5.30. The van der Waals surface area contributed by atoms with Crippen LogP contribution in [0.4, 0.5) is 0 Å². The first-order chi connectivity index (χ1) is 8.65. The fourth-order valence-corrected chi connectivity index (χ4v) is 3.81. The van der Waals surface area contributed by atoms with E-state index in [2.05, 4.69) is 36.1 Å². The van der Waals surface area contributed by atoms with Gasteiger partial charge in [-0.15, -0.1) is 0 Å². The van der Waals surface area contributed by atoms with Crippen molar-refractivity contribution in [3.63, 3.8) is 0 Å². The minimum absolute atomic E-state index is 0.0553. The molecule has 98 valence electrons. The molecule has 1 aliphatic heterocycles. The zero-order valence-corrected chi connectivity index (χ0v) is 11.4. The van der Waals surface area contributed by atoms with Crippen LogP contribution in [0.1, 0.15) is 43.7 Å². The fourth-order valence-electron chi connectivity index (χ4n) is 3.81. The van der Waals surface area contributed by atoms with Crippen LogP contribution in [0.2, 0.25) is 0 Å². The van der Waals surface area contributed by atoms with Gasteiger partial charge in [-0.05, 0) is 29.9 Å². The van der Waals surface area contributed by atoms with Gasteiger partial charge in [-0.2, -0.15) is 0 Å². The monoisotopic (exact) mass is 244 g/mol. The molecular weight excluding hydrogens is 220 g/mol. The summed E-state index contributed by atoms with van der Waals surface area (Å²) in [6, 6.07) is 8.79. The lowest BCUT2D eigenvalue weighted by molar-refractivity contribution is 0.150. The number of nitrogens with two attached hydrogens (primary N) is 1. The highest BCUT2D eigenvalue weighted by atomic mass is 15.2. The molecule has 1 fully saturated rings. The largest absolute Gasteiger partial charge is 0.324 e. The molecule has 0 aromatic heterocycles. The third-order valence-electron chi connectivity index (χ3n) is 4.57. The van der Waals surface area contributed by atoms with Crippen LogP contribution in [0, 0.1) is 5.92 Å². The van der Waals surface area contributed by atoms with Crippen molar-refractivity contribution >= 4 is 0 Å². The predicted molar refractivity (Wildman–Crippen MR) is 75.1 cm³/mol. The average Bonchev–Trinajstić information content (AvgIpc) is 2.69. The van der Waals surface area contributed by atoms with Crippen molar-refractivity contribution in [2.24, 2.45) is 11.7 Å². The molecule has 0 radical (unpaired) electrons. The second kappa shape index (κ2) is 4.67. The van der Waals surface area contributed by atoms with E-state index in [9.17, 15) is 0 Å². The smallest absolute Gasteiger partial charge is 0.0286 e. The Morgan fingerprint density at radius 1 is 1.28 bits per heavy atom. The van der Waals surface area contributed by atoms with Gasteiger partial charge in [-0.3, -0.25) is 4.90 Å². The van der Waals surface area contributed by atoms with E-state index in [1.165, 1.54) is 36.8 Å². The van der Waals surface area contributed by atoms with Crippen LogP contribution in [-0.4, -0.2) is 17.0 Å². The van der Waals surface area contributed by atoms with E-state index >= 15 is 0 Å². The average molecular weight is 244 g/mol. The zero-order valence-electron chi connectivity index (χ0n) is 11.4. The lowest BCUT2D eigenvalue weighted by Gasteiger charge is -2.39. The maximum Gasteiger partial charge on any atom is 0.0286 e. The molecule has 2 N–H and O–H groups in total. The second-order valence-corrected chi connectivity index (χ2v) is 6.48. The molecule has 1 saturated carbocycles. The number of fused-ring (bicyclic) bond motifs is 1. The molecule has 18 heavy (non-hydrogen) atoms. The molecule has 0 bridgehead atoms. The van der Waals surface area contributed by atoms with Gasteiger partial charge in [-0.25, -0.2) is 0 Å². The Kier molecular flexibility index (Phi) is 3.16. The van der Waals surface area contributed by atoms with Gasteiger partial charge in [-0.1, -0.05) is 44.0 Å². The lowest BCUT2D eigenvalue weighted by atomic mass is 9.77. The Hall–Kier alpha value is -0.860. The van der Waals surface area contributed by atoms with Crippen molar-refractivity contribution in [3.8, 4) is 0 Å². The quantitative estimate of drug-likeness (QED) is 0.866. The Labute approximate surface area is 110 Å². The molecule has 0 saturated heterocycles. The number of benzene rings is 1. The van der Waals surface area contributed by atoms with Crippen molar-refractivity contribution in [2.45, 2.75) is 51.2 Å². The summed E-state index contributed by atoms with van der Waals surface area (Å²) in [6.07, 6.45) is 5.06. The molecule has 2 heteroatoms. The summed E-state index contributed by atoms with van der Waals surface area (Å²) in [5.41, 5.74) is 9.66. The number of hydrogen-bond donors (Lipinski definition) is 1. The number of nitrogens with zero attached hydrogens (tertiary/aromatic N) is 1. The summed E-state index contributed by atoms with van der Waals surface area (Å²) in [4.78, 5) is 2.53. The van der Waals surface area contributed by atoms with E-state index in [-0.39, 0.29) is 5.54 Å². The third kappa shape index (κ3) is 2.45. The van der Waals surface area contributed by atoms with Crippen LogP contribution in [0.25, 0.3) is 0 Å². The summed E-state index contributed by atoms with van der Waals surface area (Å²) < 4.78 is 0. The first-order valence-electron chi connectivity index (χ1n) is 7.23. The SMILES string of the molecule is CC1CCCC(N)(CN2Cc3ccccc3C2)C1. The summed E-state index contributed by atoms with van der Waals surface area (Å²) in [5, 5.41) is 0. The van der Waals surface area contributed by atoms with E-state index in [1.807, 2.05) is 0 Å². The molecule has 2 atom stereocenters. The van der Waals surface area contributed by atoms with E-state index in [1.54, 1.807) is 0 Å². The van der Waals surface area contributed by atoms with Crippen LogP contribution in [0.5, 0.6) is 0 Å². The lowest BCUT2D eigenvalue weighted by Crippen LogP contribution is -2.51. The minimum Gasteiger partial charge on any atom is -0.324 e. The maximum absolute atomic E-state index is 6.62. The van der Waals surface area contributed by atoms with Crippen LogP contribution >= 0.6 is 0 Å². The zero-order chi connectivity index (χ0) is 12.6. The molecule has 2 unspecified atom stereocenters. The highest BCUT2D eigenvalue weighted by Crippen LogP contribution is 2.33. The van der Waals surface area contributed by atoms with Gasteiger partial charge >= 0.3 is 0 Å². The van der Waals surface area contributed by atoms with E-state index in [0.29, 0.717) is 0 Å². The summed E-state index contributed by atoms with van der Waals surface area (Å²) in [7, 11) is 0. The fraction of sp³-hybridized carbons (Fsp3) is 0.625. The maximum atomic E-state index is 6.62. The van der Waals surface area contributed by atoms with Crippen LogP contribution in [0.15, 0.2) is 24.3 Å². The van der Waals surface area contributed by atoms with Gasteiger partial charge in [0.05, 0.1) is 0 Å². The van der Waals surface area contributed by atoms with Gasteiger partial charge in [0, 0.05) is 25.2 Å². The van der Waals surface area contributed by atoms with Gasteiger partial charge < -0.3 is 5.73 Å². The van der Waals surface area contributed by atoms with Crippen LogP contribution < -0.4 is 5.73 Å². The molecule has 2 aliphatic rings. The summed E-state index contributed by atoms with van der Waals surface area (Å²) in [6.45, 7) is 5.58. The topological polar surface area (TPSA) is 29.3 Å². The Morgan fingerprint density at radius 3 is 2.56 bits per heavy atom. The molecule has 1 aromatic rings. The van der Waals surface area contributed by atoms with Crippen LogP contribution in [0.3, 0.4) is 0 Å². The molecule has 1 aromatic carbocycles. The van der Waals surface area contributed by atoms with Crippen molar-refractivity contribution in [2.75, 3.05) is 6.54 Å². The van der Waals surface area contributed by atoms with Crippen LogP contribution in [-0.2, 0) is 13.1 Å². The molecule has 1 aliphatic carbocycles. The van der Waals surface area contributed by atoms with Gasteiger partial charge in [0.25, 0.3) is 0 Å². The van der Waals surface area contributed by atoms with Gasteiger partial charge in [0.2, 0.25) is 0 Å². The molecule has 0 amide bonds. The Bertz CT molecular complexity index is 404. The van der Waals surface area contributed by atoms with E-state index in [0.717, 1.165) is 25.6 Å². The molecule has 3 rings (SSSR count). The van der Waals surface area contributed by atoms with E-state index in [4.69, 9.17) is 5.73 Å². The van der Waals surface area contributed by atoms with Crippen molar-refractivity contribution < 1.29 is 0 Å². The Balaban J connectivity index is 1.65. The number of hydrogen-bond acceptors (Lipinski definition) is 2. The minimum atomic E-state index is 0.0553. The molecular formula is C16H24N2. The Morgan fingerprint density at radius 2 is 1.94 bits per heavy atom. The normalized spacial score (nSPS) is 32.4. The standard InChI is InChI=1S/C16H24N2/c1-13-5-4-8-16(17,9-13)12-18-10-14-6-2-3-7-15(14)11-18/h2-3,6-7,13H,4-5,8-12,17H2,1H3. The first-order valence-corrected chi connectivity index (χ1v) is 7.23.